The number of alkyl halides is 1. The third-order valence-corrected chi connectivity index (χ3v) is 3.34. The van der Waals surface area contributed by atoms with E-state index in [-0.39, 0.29) is 11.8 Å². The van der Waals surface area contributed by atoms with Crippen LogP contribution in [0.15, 0.2) is 12.2 Å². The highest BCUT2D eigenvalue weighted by Crippen LogP contribution is 2.52. The number of nitrogens with zero attached hydrogens (tertiary/aromatic N) is 1. The Kier molecular flexibility index (Phi) is 1.30. The van der Waals surface area contributed by atoms with Crippen LogP contribution >= 0.6 is 11.6 Å². The van der Waals surface area contributed by atoms with Crippen molar-refractivity contribution in [2.45, 2.75) is 17.4 Å². The van der Waals surface area contributed by atoms with Crippen molar-refractivity contribution in [3.63, 3.8) is 0 Å². The van der Waals surface area contributed by atoms with Gasteiger partial charge in [0.1, 0.15) is 0 Å². The summed E-state index contributed by atoms with van der Waals surface area (Å²) in [7, 11) is 0. The van der Waals surface area contributed by atoms with Crippen LogP contribution in [0.3, 0.4) is 0 Å². The molecule has 1 saturated carbocycles. The zero-order valence-electron chi connectivity index (χ0n) is 5.87. The van der Waals surface area contributed by atoms with Gasteiger partial charge >= 0.3 is 0 Å². The molecule has 2 aliphatic rings. The molecule has 11 heavy (non-hydrogen) atoms. The van der Waals surface area contributed by atoms with Crippen LogP contribution in [-0.4, -0.2) is 16.1 Å². The van der Waals surface area contributed by atoms with Gasteiger partial charge in [-0.3, -0.25) is 0 Å². The summed E-state index contributed by atoms with van der Waals surface area (Å²) in [6, 6.07) is 1.88. The Labute approximate surface area is 70.1 Å². The molecule has 4 atom stereocenters. The summed E-state index contributed by atoms with van der Waals surface area (Å²) in [6.45, 7) is 0. The fourth-order valence-electron chi connectivity index (χ4n) is 1.97. The lowest BCUT2D eigenvalue weighted by Crippen LogP contribution is -2.61. The highest BCUT2D eigenvalue weighted by molar-refractivity contribution is 6.23. The van der Waals surface area contributed by atoms with Gasteiger partial charge < -0.3 is 5.11 Å². The maximum atomic E-state index is 9.62. The molecule has 2 nitrogen and oxygen atoms in total. The lowest BCUT2D eigenvalue weighted by Gasteiger charge is -2.48. The molecule has 0 unspecified atom stereocenters. The molecule has 0 aromatic heterocycles. The van der Waals surface area contributed by atoms with Crippen molar-refractivity contribution in [1.29, 1.82) is 5.26 Å². The van der Waals surface area contributed by atoms with Gasteiger partial charge in [0, 0.05) is 11.8 Å². The fourth-order valence-corrected chi connectivity index (χ4v) is 2.44. The molecular weight excluding hydrogens is 162 g/mol. The summed E-state index contributed by atoms with van der Waals surface area (Å²) >= 11 is 5.83. The molecule has 0 aromatic carbocycles. The third-order valence-electron chi connectivity index (χ3n) is 2.72. The molecule has 1 fully saturated rings. The quantitative estimate of drug-likeness (QED) is 0.335. The minimum atomic E-state index is -1.27. The minimum Gasteiger partial charge on any atom is -0.374 e. The monoisotopic (exact) mass is 169 g/mol. The Hall–Kier alpha value is -0.520. The molecule has 2 rings (SSSR count). The molecular formula is C8H8ClNO. The van der Waals surface area contributed by atoms with Crippen molar-refractivity contribution < 1.29 is 5.11 Å². The molecule has 3 heteroatoms. The topological polar surface area (TPSA) is 44.0 Å². The van der Waals surface area contributed by atoms with E-state index in [0.717, 1.165) is 6.42 Å². The Bertz CT molecular complexity index is 257. The van der Waals surface area contributed by atoms with Gasteiger partial charge in [-0.1, -0.05) is 12.2 Å². The lowest BCUT2D eigenvalue weighted by atomic mass is 9.63. The summed E-state index contributed by atoms with van der Waals surface area (Å²) in [5.74, 6) is 0.274. The number of allylic oxidation sites excluding steroid dienone is 2. The van der Waals surface area contributed by atoms with Gasteiger partial charge in [-0.2, -0.15) is 5.26 Å². The van der Waals surface area contributed by atoms with Crippen LogP contribution in [0.1, 0.15) is 6.42 Å². The summed E-state index contributed by atoms with van der Waals surface area (Å²) in [5, 5.41) is 17.9. The van der Waals surface area contributed by atoms with E-state index in [1.54, 1.807) is 0 Å². The van der Waals surface area contributed by atoms with Crippen molar-refractivity contribution in [3.8, 4) is 6.07 Å². The number of fused-ring (bicyclic) bond motifs is 1. The van der Waals surface area contributed by atoms with E-state index in [4.69, 9.17) is 16.9 Å². The molecule has 0 amide bonds. The van der Waals surface area contributed by atoms with Crippen LogP contribution in [0.4, 0.5) is 0 Å². The molecule has 58 valence electrons. The Morgan fingerprint density at radius 2 is 2.45 bits per heavy atom. The highest BCUT2D eigenvalue weighted by Gasteiger charge is 2.61. The van der Waals surface area contributed by atoms with Crippen LogP contribution < -0.4 is 0 Å². The first-order chi connectivity index (χ1) is 5.20. The van der Waals surface area contributed by atoms with Crippen molar-refractivity contribution in [2.75, 3.05) is 0 Å². The number of hydrogen-bond acceptors (Lipinski definition) is 2. The Morgan fingerprint density at radius 3 is 3.09 bits per heavy atom. The summed E-state index contributed by atoms with van der Waals surface area (Å²) < 4.78 is 0. The van der Waals surface area contributed by atoms with Gasteiger partial charge in [-0.15, -0.1) is 11.6 Å². The van der Waals surface area contributed by atoms with E-state index in [9.17, 15) is 5.11 Å². The SMILES string of the molecule is N#C[C@@]1(O)[C@@H](Cl)[C@@H]2C=CC[C@@H]21. The van der Waals surface area contributed by atoms with Crippen LogP contribution in [0.25, 0.3) is 0 Å². The van der Waals surface area contributed by atoms with Crippen LogP contribution in [0, 0.1) is 23.2 Å². The standard InChI is InChI=1S/C8H8ClNO/c9-7-5-2-1-3-6(5)8(7,11)4-10/h1-2,5-7,11H,3H2/t5-,6+,7+,8+/m1/s1. The molecule has 1 N–H and O–H groups in total. The van der Waals surface area contributed by atoms with Gasteiger partial charge in [-0.25, -0.2) is 0 Å². The predicted octanol–water partition coefficient (Wildman–Crippen LogP) is 1.05. The van der Waals surface area contributed by atoms with Gasteiger partial charge in [-0.05, 0) is 6.42 Å². The average molecular weight is 170 g/mol. The van der Waals surface area contributed by atoms with Crippen LogP contribution in [0.5, 0.6) is 0 Å². The molecule has 0 spiro atoms. The van der Waals surface area contributed by atoms with Crippen molar-refractivity contribution >= 4 is 11.6 Å². The van der Waals surface area contributed by atoms with E-state index in [1.807, 2.05) is 18.2 Å². The molecule has 0 saturated heterocycles. The second kappa shape index (κ2) is 2.00. The van der Waals surface area contributed by atoms with E-state index in [1.165, 1.54) is 0 Å². The Morgan fingerprint density at radius 1 is 1.73 bits per heavy atom. The van der Waals surface area contributed by atoms with Crippen molar-refractivity contribution in [1.82, 2.24) is 0 Å². The van der Waals surface area contributed by atoms with Crippen LogP contribution in [0.2, 0.25) is 0 Å². The van der Waals surface area contributed by atoms with E-state index in [0.29, 0.717) is 0 Å². The van der Waals surface area contributed by atoms with Crippen LogP contribution in [-0.2, 0) is 0 Å². The van der Waals surface area contributed by atoms with E-state index >= 15 is 0 Å². The third kappa shape index (κ3) is 0.654. The first-order valence-corrected chi connectivity index (χ1v) is 4.08. The second-order valence-corrected chi connectivity index (χ2v) is 3.66. The first kappa shape index (κ1) is 7.15. The van der Waals surface area contributed by atoms with E-state index in [2.05, 4.69) is 0 Å². The maximum Gasteiger partial charge on any atom is 0.171 e. The molecule has 2 aliphatic carbocycles. The largest absolute Gasteiger partial charge is 0.374 e. The van der Waals surface area contributed by atoms with E-state index < -0.39 is 11.0 Å². The maximum absolute atomic E-state index is 9.62. The van der Waals surface area contributed by atoms with Gasteiger partial charge in [0.05, 0.1) is 11.4 Å². The average Bonchev–Trinajstić information content (AvgIpc) is 2.48. The van der Waals surface area contributed by atoms with Gasteiger partial charge in [0.2, 0.25) is 0 Å². The lowest BCUT2D eigenvalue weighted by molar-refractivity contribution is -0.0626. The fraction of sp³-hybridized carbons (Fsp3) is 0.625. The number of halogens is 1. The summed E-state index contributed by atoms with van der Waals surface area (Å²) in [5.41, 5.74) is -1.27. The molecule has 0 radical (unpaired) electrons. The number of hydrogen-bond donors (Lipinski definition) is 1. The summed E-state index contributed by atoms with van der Waals surface area (Å²) in [4.78, 5) is 0. The molecule has 0 aliphatic heterocycles. The summed E-state index contributed by atoms with van der Waals surface area (Å²) in [6.07, 6.45) is 4.77. The van der Waals surface area contributed by atoms with Crippen molar-refractivity contribution in [3.05, 3.63) is 12.2 Å². The molecule has 0 aromatic rings. The smallest absolute Gasteiger partial charge is 0.171 e. The normalized spacial score (nSPS) is 53.0. The highest BCUT2D eigenvalue weighted by atomic mass is 35.5. The van der Waals surface area contributed by atoms with Crippen molar-refractivity contribution in [2.24, 2.45) is 11.8 Å². The zero-order chi connectivity index (χ0) is 8.06. The number of aliphatic hydroxyl groups is 1. The predicted molar refractivity (Wildman–Crippen MR) is 40.9 cm³/mol. The first-order valence-electron chi connectivity index (χ1n) is 3.64. The van der Waals surface area contributed by atoms with Gasteiger partial charge in [0.15, 0.2) is 5.60 Å². The second-order valence-electron chi connectivity index (χ2n) is 3.19. The van der Waals surface area contributed by atoms with Gasteiger partial charge in [0.25, 0.3) is 0 Å². The number of nitriles is 1. The Balaban J connectivity index is 2.26. The zero-order valence-corrected chi connectivity index (χ0v) is 6.62. The number of rotatable bonds is 0. The molecule has 0 bridgehead atoms. The minimum absolute atomic E-state index is 0.0509. The molecule has 0 heterocycles.